The molecule has 1 aromatic rings. The summed E-state index contributed by atoms with van der Waals surface area (Å²) in [6, 6.07) is 2.09. The fourth-order valence-electron chi connectivity index (χ4n) is 2.23. The maximum absolute atomic E-state index is 13.2. The van der Waals surface area contributed by atoms with Crippen LogP contribution >= 0.6 is 0 Å². The fourth-order valence-corrected chi connectivity index (χ4v) is 2.23. The highest BCUT2D eigenvalue weighted by Gasteiger charge is 2.23. The van der Waals surface area contributed by atoms with E-state index in [9.17, 15) is 13.2 Å². The lowest BCUT2D eigenvalue weighted by Crippen LogP contribution is -2.13. The number of amidine groups is 1. The number of nitrogens with two attached hydrogens (primary N) is 1. The first-order chi connectivity index (χ1) is 9.01. The monoisotopic (exact) mass is 272 g/mol. The normalized spacial score (nSPS) is 20.0. The Bertz CT molecular complexity index is 482. The third kappa shape index (κ3) is 3.00. The zero-order chi connectivity index (χ0) is 14.0. The molecule has 1 aliphatic rings. The first kappa shape index (κ1) is 13.7. The highest BCUT2D eigenvalue weighted by atomic mass is 19.2. The Labute approximate surface area is 109 Å². The molecule has 0 radical (unpaired) electrons. The van der Waals surface area contributed by atoms with Crippen LogP contribution in [0.25, 0.3) is 0 Å². The number of rotatable bonds is 4. The topological polar surface area (TPSA) is 47.6 Å². The number of nitrogens with zero attached hydrogens (tertiary/aromatic N) is 1. The zero-order valence-electron chi connectivity index (χ0n) is 10.5. The lowest BCUT2D eigenvalue weighted by molar-refractivity contribution is 0.300. The number of ether oxygens (including phenoxy) is 1. The molecule has 3 nitrogen and oxygen atoms in total. The molecule has 1 aliphatic heterocycles. The van der Waals surface area contributed by atoms with Crippen LogP contribution in [0.3, 0.4) is 0 Å². The van der Waals surface area contributed by atoms with Crippen molar-refractivity contribution < 1.29 is 17.9 Å². The second-order valence-corrected chi connectivity index (χ2v) is 4.57. The number of halogens is 3. The Hall–Kier alpha value is -1.72. The van der Waals surface area contributed by atoms with E-state index in [2.05, 4.69) is 4.99 Å². The average molecular weight is 272 g/mol. The minimum atomic E-state index is -1.44. The maximum atomic E-state index is 13.2. The minimum Gasteiger partial charge on any atom is -0.463 e. The number of aliphatic imine (C=N–C) groups is 1. The molecule has 19 heavy (non-hydrogen) atoms. The van der Waals surface area contributed by atoms with Gasteiger partial charge in [0.15, 0.2) is 17.5 Å². The highest BCUT2D eigenvalue weighted by Crippen LogP contribution is 2.29. The van der Waals surface area contributed by atoms with Gasteiger partial charge in [-0.15, -0.1) is 0 Å². The summed E-state index contributed by atoms with van der Waals surface area (Å²) in [5.74, 6) is -3.89. The van der Waals surface area contributed by atoms with Crippen LogP contribution in [0.1, 0.15) is 31.2 Å². The molecule has 0 bridgehead atoms. The van der Waals surface area contributed by atoms with Crippen LogP contribution in [-0.2, 0) is 4.74 Å². The second-order valence-electron chi connectivity index (χ2n) is 4.57. The van der Waals surface area contributed by atoms with E-state index in [0.29, 0.717) is 25.0 Å². The van der Waals surface area contributed by atoms with Crippen molar-refractivity contribution in [2.45, 2.75) is 31.7 Å². The molecule has 104 valence electrons. The molecule has 0 spiro atoms. The van der Waals surface area contributed by atoms with Crippen molar-refractivity contribution >= 4 is 6.02 Å². The van der Waals surface area contributed by atoms with Gasteiger partial charge in [-0.3, -0.25) is 0 Å². The van der Waals surface area contributed by atoms with E-state index >= 15 is 0 Å². The standard InChI is InChI=1S/C13H15F3N2O/c1-2-7(3-9-6-19-13(17)18-9)8-4-10(14)12(16)11(15)5-8/h4-5,7,9H,2-3,6H2,1H3,(H2,17,18)/t7?,9-/m0/s1. The minimum absolute atomic E-state index is 0.118. The second kappa shape index (κ2) is 5.50. The SMILES string of the molecule is CCC(C[C@H]1COC(N)=N1)c1cc(F)c(F)c(F)c1. The third-order valence-electron chi connectivity index (χ3n) is 3.26. The van der Waals surface area contributed by atoms with Crippen molar-refractivity contribution in [3.63, 3.8) is 0 Å². The van der Waals surface area contributed by atoms with E-state index in [1.54, 1.807) is 0 Å². The van der Waals surface area contributed by atoms with Crippen molar-refractivity contribution in [2.75, 3.05) is 6.61 Å². The molecule has 2 N–H and O–H groups in total. The van der Waals surface area contributed by atoms with E-state index in [0.717, 1.165) is 12.1 Å². The smallest absolute Gasteiger partial charge is 0.282 e. The molecule has 6 heteroatoms. The van der Waals surface area contributed by atoms with Crippen molar-refractivity contribution in [1.82, 2.24) is 0 Å². The van der Waals surface area contributed by atoms with Gasteiger partial charge < -0.3 is 10.5 Å². The Morgan fingerprint density at radius 2 is 2.00 bits per heavy atom. The molecule has 0 aromatic heterocycles. The van der Waals surface area contributed by atoms with Crippen LogP contribution in [0.15, 0.2) is 17.1 Å². The van der Waals surface area contributed by atoms with Crippen molar-refractivity contribution in [1.29, 1.82) is 0 Å². The number of hydrogen-bond donors (Lipinski definition) is 1. The molecule has 2 rings (SSSR count). The summed E-state index contributed by atoms with van der Waals surface area (Å²) in [5, 5.41) is 0. The molecule has 1 heterocycles. The Balaban J connectivity index is 2.18. The first-order valence-electron chi connectivity index (χ1n) is 6.11. The van der Waals surface area contributed by atoms with Gasteiger partial charge in [0, 0.05) is 0 Å². The lowest BCUT2D eigenvalue weighted by atomic mass is 9.90. The number of hydrogen-bond acceptors (Lipinski definition) is 3. The van der Waals surface area contributed by atoms with Gasteiger partial charge in [-0.05, 0) is 36.5 Å². The largest absolute Gasteiger partial charge is 0.463 e. The fraction of sp³-hybridized carbons (Fsp3) is 0.462. The Kier molecular flexibility index (Phi) is 3.97. The molecule has 0 amide bonds. The molecule has 0 fully saturated rings. The molecule has 1 aromatic carbocycles. The van der Waals surface area contributed by atoms with E-state index in [4.69, 9.17) is 10.5 Å². The maximum Gasteiger partial charge on any atom is 0.282 e. The lowest BCUT2D eigenvalue weighted by Gasteiger charge is -2.17. The summed E-state index contributed by atoms with van der Waals surface area (Å²) in [6.45, 7) is 2.27. The molecule has 0 saturated carbocycles. The van der Waals surface area contributed by atoms with Gasteiger partial charge in [0.05, 0.1) is 6.04 Å². The summed E-state index contributed by atoms with van der Waals surface area (Å²) in [6.07, 6.45) is 1.22. The predicted molar refractivity (Wildman–Crippen MR) is 65.3 cm³/mol. The van der Waals surface area contributed by atoms with Crippen LogP contribution in [-0.4, -0.2) is 18.7 Å². The van der Waals surface area contributed by atoms with Crippen LogP contribution in [0.5, 0.6) is 0 Å². The van der Waals surface area contributed by atoms with Gasteiger partial charge in [0.1, 0.15) is 6.61 Å². The van der Waals surface area contributed by atoms with E-state index in [1.165, 1.54) is 0 Å². The van der Waals surface area contributed by atoms with E-state index in [-0.39, 0.29) is 18.0 Å². The van der Waals surface area contributed by atoms with Crippen LogP contribution in [0.4, 0.5) is 13.2 Å². The van der Waals surface area contributed by atoms with Crippen molar-refractivity contribution in [3.8, 4) is 0 Å². The van der Waals surface area contributed by atoms with Gasteiger partial charge in [-0.1, -0.05) is 6.92 Å². The molecule has 1 unspecified atom stereocenters. The summed E-state index contributed by atoms with van der Waals surface area (Å²) in [5.41, 5.74) is 5.84. The van der Waals surface area contributed by atoms with Crippen LogP contribution in [0.2, 0.25) is 0 Å². The summed E-state index contributed by atoms with van der Waals surface area (Å²) < 4.78 is 44.4. The van der Waals surface area contributed by atoms with Gasteiger partial charge in [-0.25, -0.2) is 18.2 Å². The quantitative estimate of drug-likeness (QED) is 0.857. The highest BCUT2D eigenvalue weighted by molar-refractivity contribution is 5.73. The van der Waals surface area contributed by atoms with E-state index < -0.39 is 17.5 Å². The summed E-state index contributed by atoms with van der Waals surface area (Å²) >= 11 is 0. The van der Waals surface area contributed by atoms with Crippen LogP contribution < -0.4 is 5.73 Å². The summed E-state index contributed by atoms with van der Waals surface area (Å²) in [7, 11) is 0. The van der Waals surface area contributed by atoms with Crippen molar-refractivity contribution in [3.05, 3.63) is 35.1 Å². The molecule has 0 saturated heterocycles. The van der Waals surface area contributed by atoms with Gasteiger partial charge >= 0.3 is 0 Å². The molecular weight excluding hydrogens is 257 g/mol. The van der Waals surface area contributed by atoms with Gasteiger partial charge in [-0.2, -0.15) is 0 Å². The average Bonchev–Trinajstić information content (AvgIpc) is 2.78. The molecular formula is C13H15F3N2O. The van der Waals surface area contributed by atoms with Crippen molar-refractivity contribution in [2.24, 2.45) is 10.7 Å². The Morgan fingerprint density at radius 3 is 2.47 bits per heavy atom. The zero-order valence-corrected chi connectivity index (χ0v) is 10.5. The van der Waals surface area contributed by atoms with Gasteiger partial charge in [0.25, 0.3) is 6.02 Å². The van der Waals surface area contributed by atoms with Crippen LogP contribution in [0, 0.1) is 17.5 Å². The predicted octanol–water partition coefficient (Wildman–Crippen LogP) is 2.70. The Morgan fingerprint density at radius 1 is 1.37 bits per heavy atom. The first-order valence-corrected chi connectivity index (χ1v) is 6.11. The van der Waals surface area contributed by atoms with Gasteiger partial charge in [0.2, 0.25) is 0 Å². The molecule has 2 atom stereocenters. The third-order valence-corrected chi connectivity index (χ3v) is 3.26. The summed E-state index contributed by atoms with van der Waals surface area (Å²) in [4.78, 5) is 4.07. The molecule has 0 aliphatic carbocycles. The van der Waals surface area contributed by atoms with E-state index in [1.807, 2.05) is 6.92 Å². The number of benzene rings is 1.